The van der Waals surface area contributed by atoms with Gasteiger partial charge in [-0.15, -0.1) is 10.2 Å². The van der Waals surface area contributed by atoms with E-state index in [0.29, 0.717) is 5.13 Å². The number of rotatable bonds is 2. The predicted molar refractivity (Wildman–Crippen MR) is 74.2 cm³/mol. The predicted octanol–water partition coefficient (Wildman–Crippen LogP) is 0.464. The van der Waals surface area contributed by atoms with Crippen molar-refractivity contribution in [3.8, 4) is 0 Å². The van der Waals surface area contributed by atoms with Crippen LogP contribution in [0.4, 0.5) is 5.13 Å². The van der Waals surface area contributed by atoms with Crippen LogP contribution in [0.5, 0.6) is 0 Å². The summed E-state index contributed by atoms with van der Waals surface area (Å²) < 4.78 is 0. The Balaban J connectivity index is 2.22. The zero-order valence-corrected chi connectivity index (χ0v) is 11.9. The molecule has 20 heavy (non-hydrogen) atoms. The fraction of sp³-hybridized carbons (Fsp3) is 0.364. The molecule has 0 saturated carbocycles. The van der Waals surface area contributed by atoms with E-state index in [0.717, 1.165) is 11.1 Å². The zero-order chi connectivity index (χ0) is 14.9. The lowest BCUT2D eigenvalue weighted by Crippen LogP contribution is -2.27. The lowest BCUT2D eigenvalue weighted by molar-refractivity contribution is 0.102. The van der Waals surface area contributed by atoms with Gasteiger partial charge in [-0.05, 0) is 0 Å². The second-order valence-electron chi connectivity index (χ2n) is 5.12. The van der Waals surface area contributed by atoms with Crippen molar-refractivity contribution in [3.05, 3.63) is 37.6 Å². The summed E-state index contributed by atoms with van der Waals surface area (Å²) in [6, 6.07) is 1.00. The Morgan fingerprint density at radius 2 is 1.95 bits per heavy atom. The van der Waals surface area contributed by atoms with E-state index in [2.05, 4.69) is 20.5 Å². The summed E-state index contributed by atoms with van der Waals surface area (Å²) >= 11 is 1.24. The molecule has 3 N–H and O–H groups in total. The Kier molecular flexibility index (Phi) is 3.53. The first kappa shape index (κ1) is 14.1. The SMILES string of the molecule is CC(C)(C)c1nnc(NC(=O)c2cc(=O)[nH]c(=O)[nH]2)s1. The van der Waals surface area contributed by atoms with E-state index in [1.807, 2.05) is 25.8 Å². The number of aromatic nitrogens is 4. The largest absolute Gasteiger partial charge is 0.326 e. The number of aromatic amines is 2. The molecule has 0 aliphatic heterocycles. The first-order valence-electron chi connectivity index (χ1n) is 5.75. The molecule has 0 fully saturated rings. The molecule has 0 aliphatic carbocycles. The Hall–Kier alpha value is -2.29. The highest BCUT2D eigenvalue weighted by Gasteiger charge is 2.20. The number of carbonyl (C=O) groups excluding carboxylic acids is 1. The summed E-state index contributed by atoms with van der Waals surface area (Å²) in [7, 11) is 0. The van der Waals surface area contributed by atoms with Crippen molar-refractivity contribution < 1.29 is 4.79 Å². The number of nitrogens with zero attached hydrogens (tertiary/aromatic N) is 2. The summed E-state index contributed by atoms with van der Waals surface area (Å²) in [4.78, 5) is 38.3. The van der Waals surface area contributed by atoms with Gasteiger partial charge in [0.25, 0.3) is 11.5 Å². The minimum absolute atomic E-state index is 0.133. The third-order valence-corrected chi connectivity index (χ3v) is 3.56. The first-order chi connectivity index (χ1) is 9.25. The van der Waals surface area contributed by atoms with E-state index < -0.39 is 17.2 Å². The Morgan fingerprint density at radius 1 is 1.25 bits per heavy atom. The summed E-state index contributed by atoms with van der Waals surface area (Å²) in [5.41, 5.74) is -1.69. The summed E-state index contributed by atoms with van der Waals surface area (Å²) in [5.74, 6) is -0.621. The van der Waals surface area contributed by atoms with Gasteiger partial charge in [0.15, 0.2) is 0 Å². The van der Waals surface area contributed by atoms with Crippen molar-refractivity contribution in [2.24, 2.45) is 0 Å². The first-order valence-corrected chi connectivity index (χ1v) is 6.56. The fourth-order valence-electron chi connectivity index (χ4n) is 1.33. The molecule has 0 unspecified atom stereocenters. The van der Waals surface area contributed by atoms with Crippen LogP contribution in [0.1, 0.15) is 36.3 Å². The van der Waals surface area contributed by atoms with Gasteiger partial charge in [-0.1, -0.05) is 32.1 Å². The van der Waals surface area contributed by atoms with Crippen LogP contribution in [0.2, 0.25) is 0 Å². The van der Waals surface area contributed by atoms with Crippen LogP contribution in [0.25, 0.3) is 0 Å². The molecule has 0 spiro atoms. The number of nitrogens with one attached hydrogen (secondary N) is 3. The van der Waals surface area contributed by atoms with Crippen LogP contribution in [-0.2, 0) is 5.41 Å². The highest BCUT2D eigenvalue weighted by atomic mass is 32.1. The van der Waals surface area contributed by atoms with Gasteiger partial charge < -0.3 is 4.98 Å². The minimum atomic E-state index is -0.740. The van der Waals surface area contributed by atoms with Crippen LogP contribution in [-0.4, -0.2) is 26.1 Å². The van der Waals surface area contributed by atoms with Crippen LogP contribution in [0.3, 0.4) is 0 Å². The van der Waals surface area contributed by atoms with Crippen molar-refractivity contribution in [1.82, 2.24) is 20.2 Å². The van der Waals surface area contributed by atoms with Crippen molar-refractivity contribution in [2.45, 2.75) is 26.2 Å². The van der Waals surface area contributed by atoms with E-state index in [9.17, 15) is 14.4 Å². The molecular formula is C11H13N5O3S. The zero-order valence-electron chi connectivity index (χ0n) is 11.1. The van der Waals surface area contributed by atoms with Gasteiger partial charge in [-0.25, -0.2) is 4.79 Å². The van der Waals surface area contributed by atoms with Gasteiger partial charge in [0.1, 0.15) is 10.7 Å². The number of carbonyl (C=O) groups is 1. The number of H-pyrrole nitrogens is 2. The lowest BCUT2D eigenvalue weighted by atomic mass is 9.98. The molecule has 0 atom stereocenters. The number of anilines is 1. The Bertz CT molecular complexity index is 724. The van der Waals surface area contributed by atoms with Crippen LogP contribution >= 0.6 is 11.3 Å². The van der Waals surface area contributed by atoms with E-state index in [1.165, 1.54) is 11.3 Å². The fourth-order valence-corrected chi connectivity index (χ4v) is 2.13. The molecule has 9 heteroatoms. The summed E-state index contributed by atoms with van der Waals surface area (Å²) in [6.45, 7) is 5.94. The summed E-state index contributed by atoms with van der Waals surface area (Å²) in [5, 5.41) is 11.4. The second-order valence-corrected chi connectivity index (χ2v) is 6.10. The van der Waals surface area contributed by atoms with Crippen molar-refractivity contribution in [3.63, 3.8) is 0 Å². The molecule has 2 aromatic rings. The maximum absolute atomic E-state index is 11.9. The van der Waals surface area contributed by atoms with Gasteiger partial charge in [0.05, 0.1) is 0 Å². The standard InChI is InChI=1S/C11H13N5O3S/c1-11(2,3)8-15-16-10(20-8)14-7(18)5-4-6(17)13-9(19)12-5/h4H,1-3H3,(H,14,16,18)(H2,12,13,17,19). The van der Waals surface area contributed by atoms with Crippen molar-refractivity contribution in [1.29, 1.82) is 0 Å². The third-order valence-electron chi connectivity index (χ3n) is 2.29. The second kappa shape index (κ2) is 5.00. The van der Waals surface area contributed by atoms with Gasteiger partial charge in [0.2, 0.25) is 5.13 Å². The van der Waals surface area contributed by atoms with Gasteiger partial charge >= 0.3 is 5.69 Å². The Morgan fingerprint density at radius 3 is 2.50 bits per heavy atom. The topological polar surface area (TPSA) is 121 Å². The van der Waals surface area contributed by atoms with E-state index >= 15 is 0 Å². The molecule has 2 rings (SSSR count). The molecule has 0 aliphatic rings. The Labute approximate surface area is 117 Å². The average Bonchev–Trinajstić information content (AvgIpc) is 2.75. The number of hydrogen-bond acceptors (Lipinski definition) is 6. The number of hydrogen-bond donors (Lipinski definition) is 3. The summed E-state index contributed by atoms with van der Waals surface area (Å²) in [6.07, 6.45) is 0. The van der Waals surface area contributed by atoms with Crippen LogP contribution < -0.4 is 16.6 Å². The maximum Gasteiger partial charge on any atom is 0.326 e. The van der Waals surface area contributed by atoms with E-state index in [4.69, 9.17) is 0 Å². The molecule has 2 heterocycles. The molecule has 0 radical (unpaired) electrons. The van der Waals surface area contributed by atoms with Gasteiger partial charge in [-0.3, -0.25) is 19.9 Å². The normalized spacial score (nSPS) is 11.3. The van der Waals surface area contributed by atoms with Crippen molar-refractivity contribution in [2.75, 3.05) is 5.32 Å². The molecule has 8 nitrogen and oxygen atoms in total. The van der Waals surface area contributed by atoms with E-state index in [-0.39, 0.29) is 11.1 Å². The van der Waals surface area contributed by atoms with Gasteiger partial charge in [0, 0.05) is 11.5 Å². The molecule has 0 bridgehead atoms. The highest BCUT2D eigenvalue weighted by molar-refractivity contribution is 7.15. The third kappa shape index (κ3) is 3.18. The molecule has 0 aromatic carbocycles. The maximum atomic E-state index is 11.9. The van der Waals surface area contributed by atoms with E-state index in [1.54, 1.807) is 0 Å². The van der Waals surface area contributed by atoms with Crippen molar-refractivity contribution >= 4 is 22.4 Å². The quantitative estimate of drug-likeness (QED) is 0.743. The monoisotopic (exact) mass is 295 g/mol. The minimum Gasteiger partial charge on any atom is -0.303 e. The number of amides is 1. The van der Waals surface area contributed by atoms with Crippen LogP contribution in [0.15, 0.2) is 15.7 Å². The average molecular weight is 295 g/mol. The molecule has 106 valence electrons. The molecule has 2 aromatic heterocycles. The highest BCUT2D eigenvalue weighted by Crippen LogP contribution is 2.27. The van der Waals surface area contributed by atoms with Crippen LogP contribution in [0, 0.1) is 0 Å². The molecule has 1 amide bonds. The van der Waals surface area contributed by atoms with Gasteiger partial charge in [-0.2, -0.15) is 0 Å². The molecular weight excluding hydrogens is 282 g/mol. The lowest BCUT2D eigenvalue weighted by Gasteiger charge is -2.12. The molecule has 0 saturated heterocycles. The smallest absolute Gasteiger partial charge is 0.303 e.